The molecule has 0 atom stereocenters. The average Bonchev–Trinajstić information content (AvgIpc) is 3.06. The zero-order valence-electron chi connectivity index (χ0n) is 28.9. The average molecular weight is 554 g/mol. The van der Waals surface area contributed by atoms with Crippen LogP contribution in [0.5, 0.6) is 0 Å². The number of pyridine rings is 3. The maximum atomic E-state index is 3.98. The zero-order chi connectivity index (χ0) is 32.5. The number of aryl methyl sites for hydroxylation is 4. The lowest BCUT2D eigenvalue weighted by atomic mass is 10.3. The molecule has 0 aliphatic heterocycles. The van der Waals surface area contributed by atoms with Crippen LogP contribution in [0.4, 0.5) is 0 Å². The summed E-state index contributed by atoms with van der Waals surface area (Å²) in [6, 6.07) is 15.5. The summed E-state index contributed by atoms with van der Waals surface area (Å²) in [6.45, 7) is 31.9. The Bertz CT molecular complexity index is 692. The number of rotatable bonds is 0. The van der Waals surface area contributed by atoms with Crippen molar-refractivity contribution in [1.82, 2.24) is 24.9 Å². The molecule has 4 rings (SSSR count). The van der Waals surface area contributed by atoms with Crippen LogP contribution in [0.25, 0.3) is 0 Å². The molecule has 0 saturated heterocycles. The van der Waals surface area contributed by atoms with Crippen LogP contribution in [0.1, 0.15) is 106 Å². The van der Waals surface area contributed by atoms with E-state index in [9.17, 15) is 0 Å². The number of nitrogens with zero attached hydrogens (tertiary/aromatic N) is 5. The molecule has 0 amide bonds. The van der Waals surface area contributed by atoms with E-state index in [-0.39, 0.29) is 0 Å². The van der Waals surface area contributed by atoms with Crippen molar-refractivity contribution in [1.29, 1.82) is 0 Å². The third-order valence-electron chi connectivity index (χ3n) is 3.16. The van der Waals surface area contributed by atoms with Gasteiger partial charge in [0, 0.05) is 49.1 Å². The van der Waals surface area contributed by atoms with Gasteiger partial charge in [-0.1, -0.05) is 95.2 Å². The second-order valence-electron chi connectivity index (χ2n) is 5.82. The first-order valence-corrected chi connectivity index (χ1v) is 14.9. The van der Waals surface area contributed by atoms with Crippen LogP contribution in [0, 0.1) is 27.7 Å². The highest BCUT2D eigenvalue weighted by Gasteiger charge is 1.75. The molecule has 4 aromatic rings. The maximum Gasteiger partial charge on any atom is 0.125 e. The van der Waals surface area contributed by atoms with Crippen molar-refractivity contribution in [2.24, 2.45) is 0 Å². The molecule has 5 nitrogen and oxygen atoms in total. The number of aromatic nitrogens is 5. The smallest absolute Gasteiger partial charge is 0.125 e. The molecule has 0 unspecified atom stereocenters. The predicted molar refractivity (Wildman–Crippen MR) is 182 cm³/mol. The molecule has 40 heavy (non-hydrogen) atoms. The van der Waals surface area contributed by atoms with Crippen molar-refractivity contribution < 1.29 is 0 Å². The molecule has 4 aromatic heterocycles. The van der Waals surface area contributed by atoms with Gasteiger partial charge in [0.05, 0.1) is 0 Å². The standard InChI is InChI=1S/3C6H7N.C5H6N2.6C2H6/c1-6-2-4-7-5-3-6;1-6-3-2-4-7-5-6;1-6-4-2-3-5-7-6;1-5-6-3-2-4-7-5;6*1-2/h3*2-5H,1H3;2-4H,1H3;6*1-2H3. The Labute approximate surface area is 250 Å². The Morgan fingerprint density at radius 2 is 0.850 bits per heavy atom. The molecule has 0 bridgehead atoms. The van der Waals surface area contributed by atoms with Gasteiger partial charge in [0.25, 0.3) is 0 Å². The van der Waals surface area contributed by atoms with Crippen LogP contribution in [0.3, 0.4) is 0 Å². The second-order valence-corrected chi connectivity index (χ2v) is 5.82. The van der Waals surface area contributed by atoms with Crippen molar-refractivity contribution >= 4 is 0 Å². The van der Waals surface area contributed by atoms with Crippen LogP contribution >= 0.6 is 0 Å². The summed E-state index contributed by atoms with van der Waals surface area (Å²) in [5, 5.41) is 0. The van der Waals surface area contributed by atoms with Crippen LogP contribution in [-0.4, -0.2) is 24.9 Å². The van der Waals surface area contributed by atoms with Gasteiger partial charge in [-0.15, -0.1) is 0 Å². The van der Waals surface area contributed by atoms with Gasteiger partial charge in [-0.3, -0.25) is 15.0 Å². The van der Waals surface area contributed by atoms with E-state index in [1.54, 1.807) is 43.2 Å². The molecular formula is C35H63N5. The van der Waals surface area contributed by atoms with Gasteiger partial charge >= 0.3 is 0 Å². The van der Waals surface area contributed by atoms with E-state index in [1.165, 1.54) is 11.1 Å². The Hall–Kier alpha value is -3.47. The summed E-state index contributed by atoms with van der Waals surface area (Å²) >= 11 is 0. The third kappa shape index (κ3) is 47.7. The Morgan fingerprint density at radius 1 is 0.375 bits per heavy atom. The van der Waals surface area contributed by atoms with Crippen LogP contribution < -0.4 is 0 Å². The topological polar surface area (TPSA) is 64.5 Å². The first-order chi connectivity index (χ1) is 19.6. The Balaban J connectivity index is -0.0000000855. The monoisotopic (exact) mass is 554 g/mol. The molecule has 0 aliphatic carbocycles. The highest BCUT2D eigenvalue weighted by molar-refractivity contribution is 5.06. The summed E-state index contributed by atoms with van der Waals surface area (Å²) in [5.41, 5.74) is 3.54. The molecule has 228 valence electrons. The fourth-order valence-electron chi connectivity index (χ4n) is 1.70. The predicted octanol–water partition coefficient (Wildman–Crippen LogP) is 11.1. The normalized spacial score (nSPS) is 7.00. The van der Waals surface area contributed by atoms with Gasteiger partial charge in [-0.2, -0.15) is 0 Å². The lowest BCUT2D eigenvalue weighted by Crippen LogP contribution is -1.80. The minimum absolute atomic E-state index is 0.822. The lowest BCUT2D eigenvalue weighted by Gasteiger charge is -1.82. The van der Waals surface area contributed by atoms with Gasteiger partial charge < -0.3 is 0 Å². The number of hydrogen-bond donors (Lipinski definition) is 0. The molecule has 0 N–H and O–H groups in total. The van der Waals surface area contributed by atoms with Crippen molar-refractivity contribution in [2.45, 2.75) is 111 Å². The highest BCUT2D eigenvalue weighted by atomic mass is 14.8. The summed E-state index contributed by atoms with van der Waals surface area (Å²) in [7, 11) is 0. The van der Waals surface area contributed by atoms with E-state index in [4.69, 9.17) is 0 Å². The molecule has 0 aliphatic rings. The van der Waals surface area contributed by atoms with Crippen molar-refractivity contribution in [3.8, 4) is 0 Å². The van der Waals surface area contributed by atoms with Crippen LogP contribution in [-0.2, 0) is 0 Å². The van der Waals surface area contributed by atoms with E-state index in [0.717, 1.165) is 11.5 Å². The summed E-state index contributed by atoms with van der Waals surface area (Å²) in [5.74, 6) is 0.822. The lowest BCUT2D eigenvalue weighted by molar-refractivity contribution is 1.05. The first-order valence-electron chi connectivity index (χ1n) is 14.9. The van der Waals surface area contributed by atoms with E-state index in [0.29, 0.717) is 0 Å². The Kier molecular flexibility index (Phi) is 64.4. The van der Waals surface area contributed by atoms with E-state index in [1.807, 2.05) is 159 Å². The van der Waals surface area contributed by atoms with Crippen molar-refractivity contribution in [3.05, 3.63) is 115 Å². The molecular weight excluding hydrogens is 490 g/mol. The van der Waals surface area contributed by atoms with Gasteiger partial charge in [0.1, 0.15) is 5.82 Å². The minimum atomic E-state index is 0.822. The number of hydrogen-bond acceptors (Lipinski definition) is 5. The van der Waals surface area contributed by atoms with Crippen LogP contribution in [0.15, 0.2) is 91.9 Å². The summed E-state index contributed by atoms with van der Waals surface area (Å²) in [4.78, 5) is 19.4. The minimum Gasteiger partial charge on any atom is -0.265 e. The molecule has 5 heteroatoms. The molecule has 0 aromatic carbocycles. The quantitative estimate of drug-likeness (QED) is 0.217. The third-order valence-corrected chi connectivity index (χ3v) is 3.16. The highest BCUT2D eigenvalue weighted by Crippen LogP contribution is 1.89. The summed E-state index contributed by atoms with van der Waals surface area (Å²) < 4.78 is 0. The molecule has 0 saturated carbocycles. The largest absolute Gasteiger partial charge is 0.265 e. The van der Waals surface area contributed by atoms with Crippen LogP contribution in [0.2, 0.25) is 0 Å². The van der Waals surface area contributed by atoms with Gasteiger partial charge in [-0.25, -0.2) is 9.97 Å². The summed E-state index contributed by atoms with van der Waals surface area (Å²) in [6.07, 6.45) is 12.4. The molecule has 4 heterocycles. The van der Waals surface area contributed by atoms with E-state index in [2.05, 4.69) is 24.9 Å². The molecule has 0 fully saturated rings. The van der Waals surface area contributed by atoms with Gasteiger partial charge in [0.15, 0.2) is 0 Å². The Morgan fingerprint density at radius 3 is 1.05 bits per heavy atom. The molecule has 0 spiro atoms. The second kappa shape index (κ2) is 52.0. The van der Waals surface area contributed by atoms with Gasteiger partial charge in [0.2, 0.25) is 0 Å². The van der Waals surface area contributed by atoms with Crippen molar-refractivity contribution in [3.63, 3.8) is 0 Å². The fraction of sp³-hybridized carbons (Fsp3) is 0.457. The first kappa shape index (κ1) is 49.5. The fourth-order valence-corrected chi connectivity index (χ4v) is 1.70. The van der Waals surface area contributed by atoms with E-state index >= 15 is 0 Å². The van der Waals surface area contributed by atoms with Crippen molar-refractivity contribution in [2.75, 3.05) is 0 Å². The zero-order valence-corrected chi connectivity index (χ0v) is 28.9. The molecule has 0 radical (unpaired) electrons. The van der Waals surface area contributed by atoms with E-state index < -0.39 is 0 Å². The SMILES string of the molecule is CC.CC.CC.CC.CC.CC.Cc1ccccn1.Cc1cccnc1.Cc1ccncc1.Cc1ncccn1. The van der Waals surface area contributed by atoms with Gasteiger partial charge in [-0.05, 0) is 75.2 Å². The maximum absolute atomic E-state index is 3.98.